The second-order valence-electron chi connectivity index (χ2n) is 5.74. The number of rotatable bonds is 5. The van der Waals surface area contributed by atoms with Gasteiger partial charge in [-0.25, -0.2) is 19.7 Å². The smallest absolute Gasteiger partial charge is 0.350 e. The largest absolute Gasteiger partial charge is 0.458 e. The van der Waals surface area contributed by atoms with Crippen molar-refractivity contribution >= 4 is 17.3 Å². The van der Waals surface area contributed by atoms with Gasteiger partial charge in [0.1, 0.15) is 11.0 Å². The van der Waals surface area contributed by atoms with Crippen molar-refractivity contribution in [3.05, 3.63) is 29.0 Å². The lowest BCUT2D eigenvalue weighted by Gasteiger charge is -2.21. The van der Waals surface area contributed by atoms with E-state index in [9.17, 15) is 9.90 Å². The van der Waals surface area contributed by atoms with Crippen LogP contribution in [-0.2, 0) is 4.74 Å². The molecule has 22 heavy (non-hydrogen) atoms. The zero-order valence-corrected chi connectivity index (χ0v) is 13.8. The average Bonchev–Trinajstić information content (AvgIpc) is 2.79. The maximum atomic E-state index is 12.2. The zero-order valence-electron chi connectivity index (χ0n) is 13.0. The number of hydrogen-bond donors (Lipinski definition) is 1. The van der Waals surface area contributed by atoms with E-state index in [-0.39, 0.29) is 6.10 Å². The van der Waals surface area contributed by atoms with Crippen LogP contribution in [0.15, 0.2) is 18.5 Å². The molecule has 0 spiro atoms. The summed E-state index contributed by atoms with van der Waals surface area (Å²) in [7, 11) is 0. The van der Waals surface area contributed by atoms with E-state index < -0.39 is 11.6 Å². The van der Waals surface area contributed by atoms with E-state index in [2.05, 4.69) is 15.0 Å². The Morgan fingerprint density at radius 3 is 2.64 bits per heavy atom. The number of carbonyl (C=O) groups is 1. The molecule has 2 heterocycles. The predicted molar refractivity (Wildman–Crippen MR) is 83.7 cm³/mol. The molecule has 118 valence electrons. The minimum absolute atomic E-state index is 0.366. The fraction of sp³-hybridized carbons (Fsp3) is 0.467. The van der Waals surface area contributed by atoms with Crippen LogP contribution in [0.1, 0.15) is 42.6 Å². The van der Waals surface area contributed by atoms with Crippen molar-refractivity contribution in [3.63, 3.8) is 0 Å². The second-order valence-corrected chi connectivity index (χ2v) is 6.74. The highest BCUT2D eigenvalue weighted by atomic mass is 32.1. The van der Waals surface area contributed by atoms with Gasteiger partial charge < -0.3 is 9.84 Å². The van der Waals surface area contributed by atoms with Crippen LogP contribution in [0.25, 0.3) is 10.8 Å². The van der Waals surface area contributed by atoms with E-state index in [0.717, 1.165) is 0 Å². The molecule has 2 aromatic heterocycles. The van der Waals surface area contributed by atoms with Gasteiger partial charge in [0.25, 0.3) is 0 Å². The molecule has 0 aliphatic carbocycles. The predicted octanol–water partition coefficient (Wildman–Crippen LogP) is 2.61. The number of ether oxygens (including phenoxy) is 1. The number of nitrogens with zero attached hydrogens (tertiary/aromatic N) is 3. The molecule has 0 fully saturated rings. The Hall–Kier alpha value is -1.86. The van der Waals surface area contributed by atoms with Crippen molar-refractivity contribution in [3.8, 4) is 10.8 Å². The van der Waals surface area contributed by atoms with E-state index in [1.807, 2.05) is 0 Å². The lowest BCUT2D eigenvalue weighted by molar-refractivity contribution is -0.00219. The normalized spacial score (nSPS) is 13.0. The summed E-state index contributed by atoms with van der Waals surface area (Å²) in [6, 6.07) is 1.72. The molecule has 0 radical (unpaired) electrons. The highest BCUT2D eigenvalue weighted by Crippen LogP contribution is 2.26. The molecule has 0 aliphatic heterocycles. The summed E-state index contributed by atoms with van der Waals surface area (Å²) in [5.74, 6) is 0.0492. The van der Waals surface area contributed by atoms with Gasteiger partial charge in [-0.3, -0.25) is 0 Å². The molecular formula is C15H19N3O3S. The van der Waals surface area contributed by atoms with Crippen LogP contribution < -0.4 is 0 Å². The summed E-state index contributed by atoms with van der Waals surface area (Å²) in [5.41, 5.74) is -0.293. The number of esters is 1. The molecule has 1 unspecified atom stereocenters. The van der Waals surface area contributed by atoms with Gasteiger partial charge in [-0.1, -0.05) is 0 Å². The van der Waals surface area contributed by atoms with Crippen LogP contribution in [0.2, 0.25) is 0 Å². The first-order valence-electron chi connectivity index (χ1n) is 6.94. The van der Waals surface area contributed by atoms with E-state index in [0.29, 0.717) is 27.8 Å². The van der Waals surface area contributed by atoms with Gasteiger partial charge in [0.15, 0.2) is 10.8 Å². The fourth-order valence-electron chi connectivity index (χ4n) is 2.07. The minimum Gasteiger partial charge on any atom is -0.458 e. The summed E-state index contributed by atoms with van der Waals surface area (Å²) in [4.78, 5) is 25.2. The molecule has 0 saturated heterocycles. The minimum atomic E-state index is -0.883. The van der Waals surface area contributed by atoms with E-state index in [1.54, 1.807) is 46.2 Å². The molecule has 7 heteroatoms. The average molecular weight is 321 g/mol. The maximum Gasteiger partial charge on any atom is 0.350 e. The molecule has 0 aliphatic rings. The SMILES string of the molecule is Cc1nc(-c2ncccn2)sc1C(=O)OC(C)CC(C)(C)O. The molecule has 6 nitrogen and oxygen atoms in total. The molecule has 0 aromatic carbocycles. The molecule has 2 aromatic rings. The first kappa shape index (κ1) is 16.5. The van der Waals surface area contributed by atoms with Crippen molar-refractivity contribution in [2.45, 2.75) is 45.8 Å². The summed E-state index contributed by atoms with van der Waals surface area (Å²) in [6.45, 7) is 6.87. The Morgan fingerprint density at radius 2 is 2.05 bits per heavy atom. The summed E-state index contributed by atoms with van der Waals surface area (Å²) in [6.07, 6.45) is 3.24. The van der Waals surface area contributed by atoms with Crippen LogP contribution >= 0.6 is 11.3 Å². The highest BCUT2D eigenvalue weighted by Gasteiger charge is 2.24. The quantitative estimate of drug-likeness (QED) is 0.852. The van der Waals surface area contributed by atoms with Crippen LogP contribution in [-0.4, -0.2) is 37.7 Å². The third-order valence-corrected chi connectivity index (χ3v) is 3.97. The van der Waals surface area contributed by atoms with Gasteiger partial charge >= 0.3 is 5.97 Å². The van der Waals surface area contributed by atoms with Crippen LogP contribution in [0.4, 0.5) is 0 Å². The number of carbonyl (C=O) groups excluding carboxylic acids is 1. The lowest BCUT2D eigenvalue weighted by Crippen LogP contribution is -2.27. The lowest BCUT2D eigenvalue weighted by atomic mass is 10.0. The van der Waals surface area contributed by atoms with Gasteiger partial charge in [0.2, 0.25) is 0 Å². The monoisotopic (exact) mass is 321 g/mol. The Bertz CT molecular complexity index is 650. The molecule has 1 atom stereocenters. The Labute approximate surface area is 133 Å². The van der Waals surface area contributed by atoms with Crippen LogP contribution in [0.3, 0.4) is 0 Å². The van der Waals surface area contributed by atoms with Crippen molar-refractivity contribution < 1.29 is 14.6 Å². The summed E-state index contributed by atoms with van der Waals surface area (Å²) >= 11 is 1.21. The third-order valence-electron chi connectivity index (χ3n) is 2.83. The van der Waals surface area contributed by atoms with Crippen LogP contribution in [0.5, 0.6) is 0 Å². The number of aliphatic hydroxyl groups is 1. The number of hydrogen-bond acceptors (Lipinski definition) is 7. The summed E-state index contributed by atoms with van der Waals surface area (Å²) in [5, 5.41) is 10.3. The second kappa shape index (κ2) is 6.50. The molecular weight excluding hydrogens is 302 g/mol. The maximum absolute atomic E-state index is 12.2. The highest BCUT2D eigenvalue weighted by molar-refractivity contribution is 7.16. The van der Waals surface area contributed by atoms with Gasteiger partial charge in [-0.05, 0) is 33.8 Å². The number of aromatic nitrogens is 3. The fourth-order valence-corrected chi connectivity index (χ4v) is 2.97. The van der Waals surface area contributed by atoms with Gasteiger partial charge in [-0.2, -0.15) is 0 Å². The molecule has 1 N–H and O–H groups in total. The first-order valence-corrected chi connectivity index (χ1v) is 7.76. The van der Waals surface area contributed by atoms with Crippen molar-refractivity contribution in [1.82, 2.24) is 15.0 Å². The molecule has 0 saturated carbocycles. The molecule has 0 amide bonds. The third kappa shape index (κ3) is 4.32. The van der Waals surface area contributed by atoms with Crippen LogP contribution in [0, 0.1) is 6.92 Å². The van der Waals surface area contributed by atoms with Gasteiger partial charge in [-0.15, -0.1) is 11.3 Å². The standard InChI is InChI=1S/C15H19N3O3S/c1-9(8-15(3,4)20)21-14(19)11-10(2)18-13(22-11)12-16-6-5-7-17-12/h5-7,9,20H,8H2,1-4H3. The van der Waals surface area contributed by atoms with E-state index >= 15 is 0 Å². The summed E-state index contributed by atoms with van der Waals surface area (Å²) < 4.78 is 5.37. The number of aryl methyl sites for hydroxylation is 1. The molecule has 0 bridgehead atoms. The van der Waals surface area contributed by atoms with Crippen molar-refractivity contribution in [2.24, 2.45) is 0 Å². The Kier molecular flexibility index (Phi) is 4.87. The Morgan fingerprint density at radius 1 is 1.41 bits per heavy atom. The van der Waals surface area contributed by atoms with E-state index in [4.69, 9.17) is 4.74 Å². The Balaban J connectivity index is 2.13. The zero-order chi connectivity index (χ0) is 16.3. The van der Waals surface area contributed by atoms with Gasteiger partial charge in [0.05, 0.1) is 11.3 Å². The number of thiazole rings is 1. The first-order chi connectivity index (χ1) is 10.3. The molecule has 2 rings (SSSR count). The van der Waals surface area contributed by atoms with E-state index in [1.165, 1.54) is 11.3 Å². The van der Waals surface area contributed by atoms with Gasteiger partial charge in [0, 0.05) is 18.8 Å². The van der Waals surface area contributed by atoms with Crippen molar-refractivity contribution in [2.75, 3.05) is 0 Å². The topological polar surface area (TPSA) is 85.2 Å². The van der Waals surface area contributed by atoms with Crippen molar-refractivity contribution in [1.29, 1.82) is 0 Å².